The SMILES string of the molecule is Cc1cnc(-c2ccc3nncc(N[C@H](C)c4cnc(C(F)(F)F)nc4)c3c2)s1.N. The van der Waals surface area contributed by atoms with Gasteiger partial charge >= 0.3 is 6.18 Å². The summed E-state index contributed by atoms with van der Waals surface area (Å²) in [5, 5.41) is 13.2. The van der Waals surface area contributed by atoms with Crippen LogP contribution in [0.4, 0.5) is 18.9 Å². The fourth-order valence-electron chi connectivity index (χ4n) is 2.82. The third kappa shape index (κ3) is 4.36. The quantitative estimate of drug-likeness (QED) is 0.455. The Balaban J connectivity index is 0.00000256. The summed E-state index contributed by atoms with van der Waals surface area (Å²) in [6, 6.07) is 5.44. The van der Waals surface area contributed by atoms with E-state index in [-0.39, 0.29) is 12.2 Å². The molecular weight excluding hydrogens is 415 g/mol. The molecule has 0 aliphatic carbocycles. The first-order valence-corrected chi connectivity index (χ1v) is 9.47. The fourth-order valence-corrected chi connectivity index (χ4v) is 3.58. The number of hydrogen-bond acceptors (Lipinski definition) is 8. The van der Waals surface area contributed by atoms with Gasteiger partial charge in [-0.2, -0.15) is 23.4 Å². The maximum Gasteiger partial charge on any atom is 0.451 e. The van der Waals surface area contributed by atoms with E-state index in [2.05, 4.69) is 30.5 Å². The lowest BCUT2D eigenvalue weighted by Crippen LogP contribution is -2.13. The number of aryl methyl sites for hydroxylation is 1. The van der Waals surface area contributed by atoms with Crippen LogP contribution in [0.25, 0.3) is 21.5 Å². The highest BCUT2D eigenvalue weighted by Crippen LogP contribution is 2.31. The number of nitrogens with one attached hydrogen (secondary N) is 1. The van der Waals surface area contributed by atoms with Gasteiger partial charge in [-0.3, -0.25) is 0 Å². The smallest absolute Gasteiger partial charge is 0.377 e. The Kier molecular flexibility index (Phi) is 5.94. The van der Waals surface area contributed by atoms with Crippen LogP contribution in [0.3, 0.4) is 0 Å². The van der Waals surface area contributed by atoms with E-state index in [1.54, 1.807) is 17.5 Å². The number of thiazole rings is 1. The summed E-state index contributed by atoms with van der Waals surface area (Å²) >= 11 is 1.59. The van der Waals surface area contributed by atoms with Crippen molar-refractivity contribution < 1.29 is 13.2 Å². The van der Waals surface area contributed by atoms with Gasteiger partial charge in [0.25, 0.3) is 0 Å². The summed E-state index contributed by atoms with van der Waals surface area (Å²) in [6.45, 7) is 3.81. The highest BCUT2D eigenvalue weighted by atomic mass is 32.1. The molecule has 4 aromatic rings. The number of fused-ring (bicyclic) bond motifs is 1. The lowest BCUT2D eigenvalue weighted by Gasteiger charge is -2.17. The van der Waals surface area contributed by atoms with Crippen molar-refractivity contribution in [3.8, 4) is 10.6 Å². The van der Waals surface area contributed by atoms with Gasteiger partial charge in [0.2, 0.25) is 5.82 Å². The van der Waals surface area contributed by atoms with Gasteiger partial charge in [-0.25, -0.2) is 15.0 Å². The number of rotatable bonds is 4. The second-order valence-electron chi connectivity index (χ2n) is 6.47. The summed E-state index contributed by atoms with van der Waals surface area (Å²) in [6.07, 6.45) is 1.19. The van der Waals surface area contributed by atoms with E-state index in [0.29, 0.717) is 16.8 Å². The largest absolute Gasteiger partial charge is 0.451 e. The van der Waals surface area contributed by atoms with Gasteiger partial charge in [0.05, 0.1) is 23.4 Å². The zero-order chi connectivity index (χ0) is 20.6. The Morgan fingerprint density at radius 1 is 1.03 bits per heavy atom. The number of halogens is 3. The summed E-state index contributed by atoms with van der Waals surface area (Å²) in [5.41, 5.74) is 2.88. The number of aromatic nitrogens is 5. The monoisotopic (exact) mass is 433 g/mol. The Morgan fingerprint density at radius 3 is 2.40 bits per heavy atom. The van der Waals surface area contributed by atoms with Crippen molar-refractivity contribution in [1.29, 1.82) is 0 Å². The van der Waals surface area contributed by atoms with Crippen molar-refractivity contribution in [2.24, 2.45) is 0 Å². The molecule has 156 valence electrons. The first kappa shape index (κ1) is 21.5. The van der Waals surface area contributed by atoms with Gasteiger partial charge < -0.3 is 11.5 Å². The Morgan fingerprint density at radius 2 is 1.77 bits per heavy atom. The Labute approximate surface area is 174 Å². The van der Waals surface area contributed by atoms with Crippen LogP contribution in [0.2, 0.25) is 0 Å². The lowest BCUT2D eigenvalue weighted by molar-refractivity contribution is -0.145. The van der Waals surface area contributed by atoms with Crippen molar-refractivity contribution >= 4 is 27.9 Å². The molecule has 3 aromatic heterocycles. The van der Waals surface area contributed by atoms with E-state index in [9.17, 15) is 13.2 Å². The standard InChI is InChI=1S/C19H15F3N6S.H3N/c1-10-6-23-17(29-10)12-3-4-15-14(5-12)16(9-26-28-15)27-11(2)13-7-24-18(25-8-13)19(20,21)22;/h3-9,11H,1-2H3,(H,27,28);1H3/t11-;/m1./s1. The number of alkyl halides is 3. The molecule has 1 atom stereocenters. The molecule has 0 bridgehead atoms. The number of nitrogens with zero attached hydrogens (tertiary/aromatic N) is 5. The highest BCUT2D eigenvalue weighted by molar-refractivity contribution is 7.14. The maximum atomic E-state index is 12.7. The summed E-state index contributed by atoms with van der Waals surface area (Å²) in [7, 11) is 0. The molecule has 30 heavy (non-hydrogen) atoms. The molecule has 0 fully saturated rings. The minimum atomic E-state index is -4.56. The van der Waals surface area contributed by atoms with E-state index in [1.165, 1.54) is 12.4 Å². The number of hydrogen-bond donors (Lipinski definition) is 2. The van der Waals surface area contributed by atoms with Gasteiger partial charge in [0, 0.05) is 40.0 Å². The van der Waals surface area contributed by atoms with E-state index in [0.717, 1.165) is 20.8 Å². The fraction of sp³-hybridized carbons (Fsp3) is 0.211. The van der Waals surface area contributed by atoms with Crippen LogP contribution in [0.5, 0.6) is 0 Å². The molecule has 0 unspecified atom stereocenters. The maximum absolute atomic E-state index is 12.7. The second kappa shape index (κ2) is 8.28. The van der Waals surface area contributed by atoms with Crippen LogP contribution < -0.4 is 11.5 Å². The molecule has 0 aliphatic heterocycles. The van der Waals surface area contributed by atoms with Crippen LogP contribution in [0.15, 0.2) is 43.0 Å². The van der Waals surface area contributed by atoms with Crippen molar-refractivity contribution in [1.82, 2.24) is 31.3 Å². The minimum Gasteiger partial charge on any atom is -0.377 e. The molecule has 4 rings (SSSR count). The molecule has 3 heterocycles. The van der Waals surface area contributed by atoms with Crippen LogP contribution in [-0.2, 0) is 6.18 Å². The molecule has 0 aliphatic rings. The van der Waals surface area contributed by atoms with Crippen LogP contribution in [0.1, 0.15) is 29.2 Å². The molecule has 0 saturated heterocycles. The van der Waals surface area contributed by atoms with Crippen molar-refractivity contribution in [2.45, 2.75) is 26.1 Å². The molecule has 7 nitrogen and oxygen atoms in total. The molecule has 0 spiro atoms. The minimum absolute atomic E-state index is 0. The molecule has 0 amide bonds. The Hall–Kier alpha value is -3.18. The van der Waals surface area contributed by atoms with Gasteiger partial charge in [-0.15, -0.1) is 11.3 Å². The van der Waals surface area contributed by atoms with Crippen LogP contribution >= 0.6 is 11.3 Å². The highest BCUT2D eigenvalue weighted by Gasteiger charge is 2.34. The van der Waals surface area contributed by atoms with Gasteiger partial charge in [-0.05, 0) is 32.0 Å². The normalized spacial score (nSPS) is 12.4. The van der Waals surface area contributed by atoms with Gasteiger partial charge in [0.15, 0.2) is 0 Å². The summed E-state index contributed by atoms with van der Waals surface area (Å²) in [4.78, 5) is 12.4. The average Bonchev–Trinajstić information content (AvgIpc) is 3.14. The molecule has 4 N–H and O–H groups in total. The lowest BCUT2D eigenvalue weighted by atomic mass is 10.1. The zero-order valence-corrected chi connectivity index (χ0v) is 16.9. The van der Waals surface area contributed by atoms with Gasteiger partial charge in [0.1, 0.15) is 5.01 Å². The predicted molar refractivity (Wildman–Crippen MR) is 109 cm³/mol. The third-order valence-electron chi connectivity index (χ3n) is 4.30. The predicted octanol–water partition coefficient (Wildman–Crippen LogP) is 5.21. The number of benzene rings is 1. The topological polar surface area (TPSA) is 111 Å². The Bertz CT molecular complexity index is 1160. The number of anilines is 1. The molecule has 0 radical (unpaired) electrons. The summed E-state index contributed by atoms with van der Waals surface area (Å²) in [5.74, 6) is -1.16. The van der Waals surface area contributed by atoms with Crippen LogP contribution in [0, 0.1) is 6.92 Å². The first-order valence-electron chi connectivity index (χ1n) is 8.65. The summed E-state index contributed by atoms with van der Waals surface area (Å²) < 4.78 is 38.0. The van der Waals surface area contributed by atoms with E-state index < -0.39 is 12.0 Å². The first-order chi connectivity index (χ1) is 13.8. The molecule has 1 aromatic carbocycles. The van der Waals surface area contributed by atoms with E-state index >= 15 is 0 Å². The van der Waals surface area contributed by atoms with Crippen molar-refractivity contribution in [3.05, 3.63) is 59.3 Å². The van der Waals surface area contributed by atoms with Gasteiger partial charge in [-0.1, -0.05) is 0 Å². The average molecular weight is 433 g/mol. The second-order valence-corrected chi connectivity index (χ2v) is 7.70. The van der Waals surface area contributed by atoms with E-state index in [4.69, 9.17) is 0 Å². The molecular formula is C19H18F3N7S. The van der Waals surface area contributed by atoms with Crippen molar-refractivity contribution in [3.63, 3.8) is 0 Å². The zero-order valence-electron chi connectivity index (χ0n) is 16.1. The van der Waals surface area contributed by atoms with Crippen molar-refractivity contribution in [2.75, 3.05) is 5.32 Å². The molecule has 0 saturated carbocycles. The third-order valence-corrected chi connectivity index (χ3v) is 5.27. The van der Waals surface area contributed by atoms with Crippen LogP contribution in [-0.4, -0.2) is 25.1 Å². The van der Waals surface area contributed by atoms with E-state index in [1.807, 2.05) is 38.2 Å². The molecule has 11 heteroatoms.